The summed E-state index contributed by atoms with van der Waals surface area (Å²) < 4.78 is 11.5. The highest BCUT2D eigenvalue weighted by molar-refractivity contribution is 9.10. The molecule has 7 heteroatoms. The summed E-state index contributed by atoms with van der Waals surface area (Å²) in [6, 6.07) is 13.7. The minimum Gasteiger partial charge on any atom is -0.454 e. The molecule has 1 unspecified atom stereocenters. The Labute approximate surface area is 158 Å². The third-order valence-electron chi connectivity index (χ3n) is 3.58. The number of nitrogens with one attached hydrogen (secondary N) is 1. The molecule has 3 rings (SSSR count). The molecule has 130 valence electrons. The van der Waals surface area contributed by atoms with Crippen molar-refractivity contribution in [2.45, 2.75) is 17.9 Å². The molecule has 0 radical (unpaired) electrons. The van der Waals surface area contributed by atoms with Gasteiger partial charge in [-0.1, -0.05) is 30.3 Å². The number of amides is 1. The number of rotatable bonds is 6. The molecular weight excluding hydrogens is 404 g/mol. The van der Waals surface area contributed by atoms with E-state index in [0.717, 1.165) is 15.8 Å². The van der Waals surface area contributed by atoms with Crippen LogP contribution in [0.3, 0.4) is 0 Å². The summed E-state index contributed by atoms with van der Waals surface area (Å²) >= 11 is 5.02. The second-order valence-corrected chi connectivity index (χ2v) is 7.58. The fraction of sp³-hybridized carbons (Fsp3) is 0.222. The van der Waals surface area contributed by atoms with Crippen LogP contribution in [0.4, 0.5) is 0 Å². The Morgan fingerprint density at radius 2 is 2.04 bits per heavy atom. The Kier molecular flexibility index (Phi) is 5.99. The van der Waals surface area contributed by atoms with Gasteiger partial charge in [-0.2, -0.15) is 5.10 Å². The Morgan fingerprint density at radius 1 is 1.32 bits per heavy atom. The molecule has 1 heterocycles. The van der Waals surface area contributed by atoms with E-state index in [1.165, 1.54) is 5.56 Å². The molecular formula is C18H17BrN2O3S. The molecule has 1 amide bonds. The normalized spacial score (nSPS) is 13.8. The van der Waals surface area contributed by atoms with Crippen molar-refractivity contribution in [3.63, 3.8) is 0 Å². The Morgan fingerprint density at radius 3 is 2.80 bits per heavy atom. The topological polar surface area (TPSA) is 59.9 Å². The van der Waals surface area contributed by atoms with Crippen LogP contribution >= 0.6 is 27.7 Å². The molecule has 0 fully saturated rings. The van der Waals surface area contributed by atoms with Crippen molar-refractivity contribution in [1.82, 2.24) is 5.43 Å². The molecule has 0 spiro atoms. The Hall–Kier alpha value is -1.99. The van der Waals surface area contributed by atoms with Gasteiger partial charge < -0.3 is 9.47 Å². The maximum Gasteiger partial charge on any atom is 0.252 e. The molecule has 0 aliphatic carbocycles. The SMILES string of the molecule is CC(SCc1ccccc1)C(=O)N/N=C/c1cc2c(cc1Br)OCO2. The third-order valence-corrected chi connectivity index (χ3v) is 5.48. The first-order valence-electron chi connectivity index (χ1n) is 7.71. The van der Waals surface area contributed by atoms with E-state index in [2.05, 4.69) is 26.5 Å². The monoisotopic (exact) mass is 420 g/mol. The number of thioether (sulfide) groups is 1. The highest BCUT2D eigenvalue weighted by atomic mass is 79.9. The largest absolute Gasteiger partial charge is 0.454 e. The quantitative estimate of drug-likeness (QED) is 0.567. The van der Waals surface area contributed by atoms with E-state index >= 15 is 0 Å². The van der Waals surface area contributed by atoms with Crippen molar-refractivity contribution in [2.24, 2.45) is 5.10 Å². The molecule has 1 aliphatic rings. The van der Waals surface area contributed by atoms with Crippen LogP contribution in [-0.2, 0) is 10.5 Å². The predicted octanol–water partition coefficient (Wildman–Crippen LogP) is 3.95. The second-order valence-electron chi connectivity index (χ2n) is 5.40. The summed E-state index contributed by atoms with van der Waals surface area (Å²) in [6.07, 6.45) is 1.58. The summed E-state index contributed by atoms with van der Waals surface area (Å²) in [4.78, 5) is 12.1. The van der Waals surface area contributed by atoms with Gasteiger partial charge in [-0.3, -0.25) is 4.79 Å². The van der Waals surface area contributed by atoms with Crippen LogP contribution in [0.15, 0.2) is 52.0 Å². The van der Waals surface area contributed by atoms with Crippen molar-refractivity contribution in [3.05, 3.63) is 58.1 Å². The molecule has 0 saturated heterocycles. The Bertz CT molecular complexity index is 783. The summed E-state index contributed by atoms with van der Waals surface area (Å²) in [6.45, 7) is 2.09. The van der Waals surface area contributed by atoms with Crippen molar-refractivity contribution in [3.8, 4) is 11.5 Å². The number of carbonyl (C=O) groups excluding carboxylic acids is 1. The smallest absolute Gasteiger partial charge is 0.252 e. The molecule has 1 N–H and O–H groups in total. The van der Waals surface area contributed by atoms with Gasteiger partial charge in [0.25, 0.3) is 5.91 Å². The first kappa shape index (κ1) is 17.8. The summed E-state index contributed by atoms with van der Waals surface area (Å²) in [7, 11) is 0. The van der Waals surface area contributed by atoms with Crippen molar-refractivity contribution in [1.29, 1.82) is 0 Å². The van der Waals surface area contributed by atoms with Crippen LogP contribution in [0, 0.1) is 0 Å². The highest BCUT2D eigenvalue weighted by Crippen LogP contribution is 2.36. The molecule has 2 aromatic rings. The fourth-order valence-corrected chi connectivity index (χ4v) is 3.42. The molecule has 25 heavy (non-hydrogen) atoms. The molecule has 0 aromatic heterocycles. The first-order chi connectivity index (χ1) is 12.1. The maximum atomic E-state index is 12.1. The highest BCUT2D eigenvalue weighted by Gasteiger charge is 2.16. The number of hydrogen-bond donors (Lipinski definition) is 1. The number of nitrogens with zero attached hydrogens (tertiary/aromatic N) is 1. The van der Waals surface area contributed by atoms with E-state index in [1.54, 1.807) is 18.0 Å². The van der Waals surface area contributed by atoms with Gasteiger partial charge in [-0.05, 0) is 40.5 Å². The van der Waals surface area contributed by atoms with Crippen LogP contribution in [0.25, 0.3) is 0 Å². The van der Waals surface area contributed by atoms with Crippen molar-refractivity contribution >= 4 is 39.8 Å². The van der Waals surface area contributed by atoms with Crippen LogP contribution in [0.5, 0.6) is 11.5 Å². The zero-order chi connectivity index (χ0) is 17.6. The number of hydrazone groups is 1. The number of benzene rings is 2. The van der Waals surface area contributed by atoms with Gasteiger partial charge in [0.2, 0.25) is 6.79 Å². The summed E-state index contributed by atoms with van der Waals surface area (Å²) in [5, 5.41) is 3.84. The van der Waals surface area contributed by atoms with Crippen LogP contribution < -0.4 is 14.9 Å². The van der Waals surface area contributed by atoms with E-state index in [4.69, 9.17) is 9.47 Å². The number of ether oxygens (including phenoxy) is 2. The zero-order valence-corrected chi connectivity index (χ0v) is 16.0. The van der Waals surface area contributed by atoms with Crippen LogP contribution in [0.2, 0.25) is 0 Å². The van der Waals surface area contributed by atoms with Crippen LogP contribution in [0.1, 0.15) is 18.1 Å². The summed E-state index contributed by atoms with van der Waals surface area (Å²) in [5.41, 5.74) is 4.57. The lowest BCUT2D eigenvalue weighted by Gasteiger charge is -2.09. The van der Waals surface area contributed by atoms with E-state index < -0.39 is 0 Å². The van der Waals surface area contributed by atoms with E-state index in [1.807, 2.05) is 49.4 Å². The van der Waals surface area contributed by atoms with Gasteiger partial charge in [0.05, 0.1) is 11.5 Å². The predicted molar refractivity (Wildman–Crippen MR) is 103 cm³/mol. The number of halogens is 1. The molecule has 2 aromatic carbocycles. The average Bonchev–Trinajstić information content (AvgIpc) is 3.07. The van der Waals surface area contributed by atoms with E-state index in [-0.39, 0.29) is 18.0 Å². The molecule has 5 nitrogen and oxygen atoms in total. The Balaban J connectivity index is 1.52. The van der Waals surface area contributed by atoms with Gasteiger partial charge >= 0.3 is 0 Å². The third kappa shape index (κ3) is 4.76. The average molecular weight is 421 g/mol. The lowest BCUT2D eigenvalue weighted by atomic mass is 10.2. The van der Waals surface area contributed by atoms with E-state index in [9.17, 15) is 4.79 Å². The van der Waals surface area contributed by atoms with Gasteiger partial charge in [-0.15, -0.1) is 11.8 Å². The first-order valence-corrected chi connectivity index (χ1v) is 9.55. The molecule has 0 bridgehead atoms. The zero-order valence-electron chi connectivity index (χ0n) is 13.6. The lowest BCUT2D eigenvalue weighted by Crippen LogP contribution is -2.27. The van der Waals surface area contributed by atoms with Gasteiger partial charge in [0.1, 0.15) is 0 Å². The van der Waals surface area contributed by atoms with Crippen molar-refractivity contribution in [2.75, 3.05) is 6.79 Å². The minimum absolute atomic E-state index is 0.131. The number of hydrogen-bond acceptors (Lipinski definition) is 5. The minimum atomic E-state index is -0.197. The standard InChI is InChI=1S/C18H17BrN2O3S/c1-12(25-10-13-5-3-2-4-6-13)18(22)21-20-9-14-7-16-17(8-15(14)19)24-11-23-16/h2-9,12H,10-11H2,1H3,(H,21,22)/b20-9+. The fourth-order valence-electron chi connectivity index (χ4n) is 2.16. The maximum absolute atomic E-state index is 12.1. The second kappa shape index (κ2) is 8.40. The molecule has 1 aliphatic heterocycles. The van der Waals surface area contributed by atoms with Gasteiger partial charge in [0.15, 0.2) is 11.5 Å². The summed E-state index contributed by atoms with van der Waals surface area (Å²) in [5.74, 6) is 2.02. The number of carbonyl (C=O) groups is 1. The lowest BCUT2D eigenvalue weighted by molar-refractivity contribution is -0.120. The van der Waals surface area contributed by atoms with Gasteiger partial charge in [0, 0.05) is 15.8 Å². The molecule has 1 atom stereocenters. The van der Waals surface area contributed by atoms with Crippen molar-refractivity contribution < 1.29 is 14.3 Å². The number of fused-ring (bicyclic) bond motifs is 1. The van der Waals surface area contributed by atoms with Crippen LogP contribution in [-0.4, -0.2) is 24.2 Å². The van der Waals surface area contributed by atoms with Gasteiger partial charge in [-0.25, -0.2) is 5.43 Å². The molecule has 0 saturated carbocycles. The van der Waals surface area contributed by atoms with E-state index in [0.29, 0.717) is 11.5 Å².